The second-order valence-corrected chi connectivity index (χ2v) is 5.98. The monoisotopic (exact) mass is 291 g/mol. The van der Waals surface area contributed by atoms with E-state index in [0.29, 0.717) is 17.4 Å². The van der Waals surface area contributed by atoms with Gasteiger partial charge in [0.05, 0.1) is 0 Å². The second kappa shape index (κ2) is 5.11. The van der Waals surface area contributed by atoms with Crippen LogP contribution in [-0.2, 0) is 9.59 Å². The zero-order chi connectivity index (χ0) is 15.1. The van der Waals surface area contributed by atoms with Crippen molar-refractivity contribution >= 4 is 11.8 Å². The molecule has 0 spiro atoms. The number of rotatable bonds is 4. The van der Waals surface area contributed by atoms with Crippen LogP contribution < -0.4 is 16.8 Å². The molecule has 1 aromatic carbocycles. The first-order valence-corrected chi connectivity index (χ1v) is 7.08. The van der Waals surface area contributed by atoms with Gasteiger partial charge in [-0.1, -0.05) is 12.1 Å². The Morgan fingerprint density at radius 3 is 2.29 bits per heavy atom. The molecule has 2 fully saturated rings. The van der Waals surface area contributed by atoms with Gasteiger partial charge in [0.15, 0.2) is 0 Å². The Labute approximate surface area is 121 Å². The van der Waals surface area contributed by atoms with Gasteiger partial charge in [-0.25, -0.2) is 4.39 Å². The maximum atomic E-state index is 12.9. The summed E-state index contributed by atoms with van der Waals surface area (Å²) in [6.45, 7) is 0. The Kier molecular flexibility index (Phi) is 3.41. The van der Waals surface area contributed by atoms with Gasteiger partial charge in [0.1, 0.15) is 11.9 Å². The first-order chi connectivity index (χ1) is 9.97. The number of carbonyl (C=O) groups excluding carboxylic acids is 2. The van der Waals surface area contributed by atoms with Crippen molar-refractivity contribution < 1.29 is 14.0 Å². The second-order valence-electron chi connectivity index (χ2n) is 5.98. The molecule has 0 aliphatic heterocycles. The molecule has 2 aliphatic rings. The lowest BCUT2D eigenvalue weighted by Gasteiger charge is -2.17. The maximum absolute atomic E-state index is 12.9. The molecule has 6 heteroatoms. The summed E-state index contributed by atoms with van der Waals surface area (Å²) in [5, 5.41) is 2.68. The van der Waals surface area contributed by atoms with Gasteiger partial charge < -0.3 is 16.8 Å². The van der Waals surface area contributed by atoms with Gasteiger partial charge in [0.2, 0.25) is 11.8 Å². The van der Waals surface area contributed by atoms with Gasteiger partial charge in [-0.05, 0) is 42.4 Å². The molecule has 3 rings (SSSR count). The maximum Gasteiger partial charge on any atom is 0.244 e. The molecule has 0 heterocycles. The molecule has 2 amide bonds. The van der Waals surface area contributed by atoms with Crippen molar-refractivity contribution in [1.82, 2.24) is 5.32 Å². The molecule has 112 valence electrons. The summed E-state index contributed by atoms with van der Waals surface area (Å²) in [5.41, 5.74) is 11.7. The van der Waals surface area contributed by atoms with Crippen molar-refractivity contribution in [2.75, 3.05) is 0 Å². The Balaban J connectivity index is 1.68. The molecule has 2 saturated carbocycles. The molecule has 1 aromatic rings. The fourth-order valence-electron chi connectivity index (χ4n) is 3.48. The lowest BCUT2D eigenvalue weighted by atomic mass is 10.0. The number of hydrogen-bond donors (Lipinski definition) is 3. The van der Waals surface area contributed by atoms with E-state index in [4.69, 9.17) is 11.5 Å². The third kappa shape index (κ3) is 2.63. The lowest BCUT2D eigenvalue weighted by molar-refractivity contribution is -0.128. The minimum absolute atomic E-state index is 0.0629. The minimum Gasteiger partial charge on any atom is -0.368 e. The van der Waals surface area contributed by atoms with Crippen LogP contribution in [0.2, 0.25) is 0 Å². The van der Waals surface area contributed by atoms with Crippen LogP contribution in [0.1, 0.15) is 24.4 Å². The highest BCUT2D eigenvalue weighted by atomic mass is 19.1. The van der Waals surface area contributed by atoms with Crippen LogP contribution in [0.15, 0.2) is 24.3 Å². The van der Waals surface area contributed by atoms with Gasteiger partial charge >= 0.3 is 0 Å². The van der Waals surface area contributed by atoms with Gasteiger partial charge in [0.25, 0.3) is 0 Å². The number of benzene rings is 1. The van der Waals surface area contributed by atoms with Gasteiger partial charge in [0, 0.05) is 12.0 Å². The zero-order valence-corrected chi connectivity index (χ0v) is 11.5. The molecule has 3 unspecified atom stereocenters. The minimum atomic E-state index is -0.923. The summed E-state index contributed by atoms with van der Waals surface area (Å²) in [7, 11) is 0. The highest BCUT2D eigenvalue weighted by Crippen LogP contribution is 2.57. The molecule has 0 bridgehead atoms. The summed E-state index contributed by atoms with van der Waals surface area (Å²) >= 11 is 0. The fraction of sp³-hybridized carbons (Fsp3) is 0.467. The number of primary amides is 1. The zero-order valence-electron chi connectivity index (χ0n) is 11.5. The average molecular weight is 291 g/mol. The van der Waals surface area contributed by atoms with Crippen LogP contribution >= 0.6 is 0 Å². The van der Waals surface area contributed by atoms with Crippen LogP contribution in [0.4, 0.5) is 4.39 Å². The van der Waals surface area contributed by atoms with Crippen molar-refractivity contribution in [3.63, 3.8) is 0 Å². The smallest absolute Gasteiger partial charge is 0.244 e. The molecular weight excluding hydrogens is 273 g/mol. The number of carbonyl (C=O) groups is 2. The van der Waals surface area contributed by atoms with Crippen molar-refractivity contribution in [1.29, 1.82) is 0 Å². The standard InChI is InChI=1S/C15H18FN3O2/c16-8-3-1-7(2-4-8)13(14(18)20)19-15(21)12-10-5-9(17)6-11(10)12/h1-4,9-13H,5-6,17H2,(H2,18,20)(H,19,21). The highest BCUT2D eigenvalue weighted by Gasteiger charge is 2.59. The van der Waals surface area contributed by atoms with E-state index in [2.05, 4.69) is 5.32 Å². The number of nitrogens with one attached hydrogen (secondary N) is 1. The molecule has 3 atom stereocenters. The molecular formula is C15H18FN3O2. The Hall–Kier alpha value is -1.95. The number of nitrogens with two attached hydrogens (primary N) is 2. The summed E-state index contributed by atoms with van der Waals surface area (Å²) in [4.78, 5) is 23.8. The predicted molar refractivity (Wildman–Crippen MR) is 74.2 cm³/mol. The van der Waals surface area contributed by atoms with Crippen molar-refractivity contribution in [3.05, 3.63) is 35.6 Å². The van der Waals surface area contributed by atoms with E-state index in [1.165, 1.54) is 24.3 Å². The molecule has 0 saturated heterocycles. The van der Waals surface area contributed by atoms with E-state index < -0.39 is 17.8 Å². The quantitative estimate of drug-likeness (QED) is 0.751. The molecule has 2 aliphatic carbocycles. The normalized spacial score (nSPS) is 31.3. The topological polar surface area (TPSA) is 98.2 Å². The summed E-state index contributed by atoms with van der Waals surface area (Å²) < 4.78 is 12.9. The van der Waals surface area contributed by atoms with Crippen LogP contribution in [-0.4, -0.2) is 17.9 Å². The number of hydrogen-bond acceptors (Lipinski definition) is 3. The van der Waals surface area contributed by atoms with Gasteiger partial charge in [-0.15, -0.1) is 0 Å². The third-order valence-corrected chi connectivity index (χ3v) is 4.56. The Morgan fingerprint density at radius 1 is 1.19 bits per heavy atom. The van der Waals surface area contributed by atoms with Crippen LogP contribution in [0.5, 0.6) is 0 Å². The Bertz CT molecular complexity index is 563. The van der Waals surface area contributed by atoms with Crippen molar-refractivity contribution in [2.45, 2.75) is 24.9 Å². The molecule has 5 N–H and O–H groups in total. The number of amides is 2. The number of halogens is 1. The van der Waals surface area contributed by atoms with E-state index in [1.807, 2.05) is 0 Å². The molecule has 0 radical (unpaired) electrons. The lowest BCUT2D eigenvalue weighted by Crippen LogP contribution is -2.39. The fourth-order valence-corrected chi connectivity index (χ4v) is 3.48. The van der Waals surface area contributed by atoms with Crippen LogP contribution in [0.25, 0.3) is 0 Å². The van der Waals surface area contributed by atoms with E-state index in [0.717, 1.165) is 12.8 Å². The van der Waals surface area contributed by atoms with Crippen molar-refractivity contribution in [3.8, 4) is 0 Å². The van der Waals surface area contributed by atoms with Gasteiger partial charge in [-0.3, -0.25) is 9.59 Å². The van der Waals surface area contributed by atoms with Gasteiger partial charge in [-0.2, -0.15) is 0 Å². The predicted octanol–water partition coefficient (Wildman–Crippen LogP) is 0.452. The van der Waals surface area contributed by atoms with E-state index in [-0.39, 0.29) is 17.9 Å². The first-order valence-electron chi connectivity index (χ1n) is 7.08. The van der Waals surface area contributed by atoms with E-state index >= 15 is 0 Å². The number of fused-ring (bicyclic) bond motifs is 1. The molecule has 21 heavy (non-hydrogen) atoms. The highest BCUT2D eigenvalue weighted by molar-refractivity contribution is 5.90. The summed E-state index contributed by atoms with van der Waals surface area (Å²) in [5.74, 6) is -0.614. The summed E-state index contributed by atoms with van der Waals surface area (Å²) in [6, 6.07) is 4.65. The Morgan fingerprint density at radius 2 is 1.76 bits per heavy atom. The largest absolute Gasteiger partial charge is 0.368 e. The van der Waals surface area contributed by atoms with E-state index in [1.54, 1.807) is 0 Å². The average Bonchev–Trinajstić information content (AvgIpc) is 2.94. The van der Waals surface area contributed by atoms with Crippen LogP contribution in [0, 0.1) is 23.6 Å². The SMILES string of the molecule is NC(=O)C(NC(=O)C1C2CC(N)CC21)c1ccc(F)cc1. The van der Waals surface area contributed by atoms with E-state index in [9.17, 15) is 14.0 Å². The summed E-state index contributed by atoms with van der Waals surface area (Å²) in [6.07, 6.45) is 1.72. The van der Waals surface area contributed by atoms with Crippen LogP contribution in [0.3, 0.4) is 0 Å². The van der Waals surface area contributed by atoms with Crippen molar-refractivity contribution in [2.24, 2.45) is 29.2 Å². The molecule has 5 nitrogen and oxygen atoms in total. The third-order valence-electron chi connectivity index (χ3n) is 4.56. The molecule has 0 aromatic heterocycles. The first kappa shape index (κ1) is 14.0.